The van der Waals surface area contributed by atoms with Gasteiger partial charge in [-0.2, -0.15) is 13.2 Å². The Labute approximate surface area is 276 Å². The van der Waals surface area contributed by atoms with Crippen molar-refractivity contribution in [2.24, 2.45) is 29.6 Å². The van der Waals surface area contributed by atoms with Gasteiger partial charge >= 0.3 is 11.0 Å². The smallest absolute Gasteiger partial charge is 0.416 e. The maximum absolute atomic E-state index is 14.0. The Morgan fingerprint density at radius 2 is 1.68 bits per heavy atom. The fourth-order valence-electron chi connectivity index (χ4n) is 8.31. The van der Waals surface area contributed by atoms with Crippen molar-refractivity contribution in [1.29, 1.82) is 0 Å². The molecular weight excluding hydrogens is 650 g/mol. The number of fused-ring (bicyclic) bond motifs is 9. The molecule has 1 aromatic heterocycles. The predicted molar refractivity (Wildman–Crippen MR) is 171 cm³/mol. The SMILES string of the molecule is COc1cc([C@@H]2c3sc(=O)[nH]c3S[C@@H]3[C@@H]4C[C@@H]([C@@H]5C(=O)N(c6cccc(C(F)(F)F)c6)C(=O)[C@@H]45)[C@@H]23)ccc1OCc1ccc(C)cc1. The summed E-state index contributed by atoms with van der Waals surface area (Å²) in [6, 6.07) is 18.3. The van der Waals surface area contributed by atoms with Crippen molar-refractivity contribution in [2.75, 3.05) is 12.0 Å². The van der Waals surface area contributed by atoms with Crippen LogP contribution in [0, 0.1) is 36.5 Å². The summed E-state index contributed by atoms with van der Waals surface area (Å²) >= 11 is 2.70. The maximum atomic E-state index is 14.0. The second-order valence-corrected chi connectivity index (χ2v) is 14.9. The number of aryl methyl sites for hydroxylation is 1. The Kier molecular flexibility index (Phi) is 7.10. The van der Waals surface area contributed by atoms with Crippen molar-refractivity contribution in [3.8, 4) is 11.5 Å². The van der Waals surface area contributed by atoms with Gasteiger partial charge < -0.3 is 14.5 Å². The molecule has 8 rings (SSSR count). The largest absolute Gasteiger partial charge is 0.493 e. The Morgan fingerprint density at radius 1 is 0.936 bits per heavy atom. The highest BCUT2D eigenvalue weighted by Gasteiger charge is 2.69. The van der Waals surface area contributed by atoms with E-state index in [1.807, 2.05) is 49.4 Å². The zero-order chi connectivity index (χ0) is 32.8. The number of rotatable bonds is 6. The number of imide groups is 1. The van der Waals surface area contributed by atoms with Crippen LogP contribution >= 0.6 is 23.1 Å². The first kappa shape index (κ1) is 30.3. The average molecular weight is 679 g/mol. The number of halogens is 3. The number of hydrogen-bond acceptors (Lipinski definition) is 7. The van der Waals surface area contributed by atoms with Crippen LogP contribution in [0.4, 0.5) is 18.9 Å². The summed E-state index contributed by atoms with van der Waals surface area (Å²) in [5.41, 5.74) is 2.12. The van der Waals surface area contributed by atoms with E-state index < -0.39 is 35.4 Å². The normalized spacial score (nSPS) is 27.5. The first-order chi connectivity index (χ1) is 22.5. The molecule has 0 unspecified atom stereocenters. The number of ether oxygens (including phenoxy) is 2. The molecule has 3 aromatic carbocycles. The molecule has 2 amide bonds. The fourth-order valence-corrected chi connectivity index (χ4v) is 11.2. The third-order valence-electron chi connectivity index (χ3n) is 10.2. The Hall–Kier alpha value is -4.03. The van der Waals surface area contributed by atoms with Crippen molar-refractivity contribution in [1.82, 2.24) is 4.98 Å². The summed E-state index contributed by atoms with van der Waals surface area (Å²) in [5.74, 6) is -1.70. The number of alkyl halides is 3. The highest BCUT2D eigenvalue weighted by Crippen LogP contribution is 2.69. The van der Waals surface area contributed by atoms with Gasteiger partial charge in [0.15, 0.2) is 11.5 Å². The molecule has 1 saturated heterocycles. The highest BCUT2D eigenvalue weighted by atomic mass is 32.2. The van der Waals surface area contributed by atoms with Crippen LogP contribution in [0.3, 0.4) is 0 Å². The van der Waals surface area contributed by atoms with Gasteiger partial charge in [-0.1, -0.05) is 53.3 Å². The van der Waals surface area contributed by atoms with E-state index in [0.717, 1.165) is 55.0 Å². The number of hydrogen-bond donors (Lipinski definition) is 1. The Balaban J connectivity index is 1.14. The number of nitrogens with one attached hydrogen (secondary N) is 1. The van der Waals surface area contributed by atoms with Gasteiger partial charge in [0.2, 0.25) is 11.8 Å². The van der Waals surface area contributed by atoms with Gasteiger partial charge in [0.05, 0.1) is 35.2 Å². The van der Waals surface area contributed by atoms with Crippen LogP contribution in [-0.4, -0.2) is 29.2 Å². The molecule has 2 aliphatic heterocycles. The van der Waals surface area contributed by atoms with E-state index in [1.54, 1.807) is 18.9 Å². The van der Waals surface area contributed by atoms with E-state index in [1.165, 1.54) is 12.1 Å². The monoisotopic (exact) mass is 678 g/mol. The second-order valence-electron chi connectivity index (χ2n) is 12.7. The minimum atomic E-state index is -4.60. The molecule has 12 heteroatoms. The van der Waals surface area contributed by atoms with Crippen LogP contribution in [0.15, 0.2) is 76.6 Å². The summed E-state index contributed by atoms with van der Waals surface area (Å²) < 4.78 is 52.5. The Bertz CT molecular complexity index is 1970. The molecule has 4 aromatic rings. The van der Waals surface area contributed by atoms with Gasteiger partial charge in [0.1, 0.15) is 6.61 Å². The summed E-state index contributed by atoms with van der Waals surface area (Å²) in [7, 11) is 1.57. The molecule has 2 saturated carbocycles. The maximum Gasteiger partial charge on any atom is 0.416 e. The van der Waals surface area contributed by atoms with Crippen LogP contribution in [-0.2, 0) is 22.4 Å². The molecule has 4 aliphatic rings. The van der Waals surface area contributed by atoms with E-state index in [9.17, 15) is 27.6 Å². The summed E-state index contributed by atoms with van der Waals surface area (Å²) in [4.78, 5) is 45.2. The number of anilines is 1. The van der Waals surface area contributed by atoms with Gasteiger partial charge in [0.25, 0.3) is 0 Å². The summed E-state index contributed by atoms with van der Waals surface area (Å²) in [6.45, 7) is 2.38. The number of thiazole rings is 1. The lowest BCUT2D eigenvalue weighted by Gasteiger charge is -2.43. The number of aromatic nitrogens is 1. The zero-order valence-electron chi connectivity index (χ0n) is 25.2. The molecule has 0 radical (unpaired) electrons. The molecule has 3 fully saturated rings. The zero-order valence-corrected chi connectivity index (χ0v) is 26.9. The predicted octanol–water partition coefficient (Wildman–Crippen LogP) is 7.03. The molecule has 47 heavy (non-hydrogen) atoms. The van der Waals surface area contributed by atoms with Crippen LogP contribution in [0.2, 0.25) is 0 Å². The third-order valence-corrected chi connectivity index (χ3v) is 12.8. The van der Waals surface area contributed by atoms with Crippen molar-refractivity contribution in [3.05, 3.63) is 104 Å². The average Bonchev–Trinajstić information content (AvgIpc) is 3.79. The summed E-state index contributed by atoms with van der Waals surface area (Å²) in [5, 5.41) is 0.700. The number of aromatic amines is 1. The molecule has 0 spiro atoms. The molecule has 3 heterocycles. The molecule has 1 N–H and O–H groups in total. The van der Waals surface area contributed by atoms with Crippen molar-refractivity contribution in [2.45, 2.75) is 42.3 Å². The van der Waals surface area contributed by atoms with Gasteiger partial charge in [-0.3, -0.25) is 19.3 Å². The van der Waals surface area contributed by atoms with Crippen molar-refractivity contribution in [3.63, 3.8) is 0 Å². The van der Waals surface area contributed by atoms with E-state index in [0.29, 0.717) is 24.5 Å². The van der Waals surface area contributed by atoms with E-state index in [2.05, 4.69) is 4.98 Å². The lowest BCUT2D eigenvalue weighted by atomic mass is 9.68. The van der Waals surface area contributed by atoms with Gasteiger partial charge in [-0.25, -0.2) is 0 Å². The van der Waals surface area contributed by atoms with Crippen LogP contribution < -0.4 is 19.2 Å². The molecule has 7 atom stereocenters. The fraction of sp³-hybridized carbons (Fsp3) is 0.343. The number of methoxy groups -OCH3 is 1. The Morgan fingerprint density at radius 3 is 2.40 bits per heavy atom. The van der Waals surface area contributed by atoms with Gasteiger partial charge in [0, 0.05) is 16.0 Å². The van der Waals surface area contributed by atoms with Gasteiger partial charge in [-0.05, 0) is 72.6 Å². The highest BCUT2D eigenvalue weighted by molar-refractivity contribution is 8.00. The van der Waals surface area contributed by atoms with Gasteiger partial charge in [-0.15, -0.1) is 11.8 Å². The second kappa shape index (κ2) is 11.0. The lowest BCUT2D eigenvalue weighted by molar-refractivity contribution is -0.137. The van der Waals surface area contributed by atoms with Crippen molar-refractivity contribution >= 4 is 40.6 Å². The van der Waals surface area contributed by atoms with E-state index in [4.69, 9.17) is 9.47 Å². The number of carbonyl (C=O) groups is 2. The minimum Gasteiger partial charge on any atom is -0.493 e. The van der Waals surface area contributed by atoms with Crippen LogP contribution in [0.1, 0.15) is 39.5 Å². The van der Waals surface area contributed by atoms with Crippen molar-refractivity contribution < 1.29 is 32.2 Å². The standard InChI is InChI=1S/C35H29F3N2O5S2/c1-16-6-8-17(9-7-16)15-45-23-11-10-18(12-24(23)44-2)25-26-21-14-22(29(26)46-31-30(25)47-34(43)39-31)28-27(21)32(41)40(33(28)42)20-5-3-4-19(13-20)35(36,37)38/h3-13,21-22,25-29H,14-15H2,1-2H3,(H,39,43)/t21-,22-,25+,26+,27+,28+,29-/m1/s1. The first-order valence-electron chi connectivity index (χ1n) is 15.3. The summed E-state index contributed by atoms with van der Waals surface area (Å²) in [6.07, 6.45) is -3.94. The number of amides is 2. The lowest BCUT2D eigenvalue weighted by Crippen LogP contribution is -2.42. The number of benzene rings is 3. The molecular formula is C35H29F3N2O5S2. The number of thioether (sulfide) groups is 1. The molecule has 242 valence electrons. The number of H-pyrrole nitrogens is 1. The topological polar surface area (TPSA) is 88.7 Å². The third kappa shape index (κ3) is 4.82. The van der Waals surface area contributed by atoms with Crippen LogP contribution in [0.25, 0.3) is 0 Å². The number of carbonyl (C=O) groups excluding carboxylic acids is 2. The quantitative estimate of drug-likeness (QED) is 0.221. The number of nitrogens with zero attached hydrogens (tertiary/aromatic N) is 1. The molecule has 7 nitrogen and oxygen atoms in total. The molecule has 2 aliphatic carbocycles. The van der Waals surface area contributed by atoms with Crippen LogP contribution in [0.5, 0.6) is 11.5 Å². The minimum absolute atomic E-state index is 0.0507. The molecule has 2 bridgehead atoms. The first-order valence-corrected chi connectivity index (χ1v) is 17.0. The van der Waals surface area contributed by atoms with E-state index >= 15 is 0 Å². The van der Waals surface area contributed by atoms with E-state index in [-0.39, 0.29) is 39.5 Å².